The molecule has 0 amide bonds. The van der Waals surface area contributed by atoms with E-state index in [-0.39, 0.29) is 26.1 Å². The number of quaternary nitrogens is 1. The molecule has 84 heavy (non-hydrogen) atoms. The van der Waals surface area contributed by atoms with Crippen LogP contribution in [0.2, 0.25) is 0 Å². The second-order valence-corrected chi connectivity index (χ2v) is 24.9. The molecule has 480 valence electrons. The monoisotopic (exact) mass is 1190 g/mol. The molecule has 0 aromatic heterocycles. The zero-order valence-corrected chi connectivity index (χ0v) is 55.4. The fourth-order valence-corrected chi connectivity index (χ4v) is 9.70. The van der Waals surface area contributed by atoms with E-state index in [1.54, 1.807) is 0 Å². The van der Waals surface area contributed by atoms with Gasteiger partial charge in [0.05, 0.1) is 27.7 Å². The van der Waals surface area contributed by atoms with Crippen molar-refractivity contribution in [3.8, 4) is 0 Å². The third-order valence-corrected chi connectivity index (χ3v) is 15.1. The lowest BCUT2D eigenvalue weighted by Gasteiger charge is -2.28. The van der Waals surface area contributed by atoms with E-state index < -0.39 is 32.5 Å². The standard InChI is InChI=1S/C74H126NO8P/c1-6-8-10-12-14-16-18-20-22-24-26-28-30-32-33-34-35-36-37-38-39-40-41-43-45-47-49-51-53-55-57-59-61-63-65-67-74(77)83-72(71-82-84(78,79)81-69-68-75(3,4)5)70-80-73(76)66-64-62-60-58-56-54-52-50-48-46-44-42-31-29-27-25-23-21-19-17-15-13-11-9-7-2/h8,10,14,16,20,22,25-28,32-33,35-36,38-39,41,43,47,49,53,55,72H,6-7,9,11-13,15,17-19,21,23-24,29-31,34,37,40,42,44-46,48,50-52,54,56-71H2,1-5H3/b10-8-,16-14-,22-20-,27-25-,28-26-,33-32-,36-35-,39-38-,43-41-,49-47-,55-53-. The van der Waals surface area contributed by atoms with Crippen molar-refractivity contribution in [3.05, 3.63) is 134 Å². The fraction of sp³-hybridized carbons (Fsp3) is 0.676. The number of ether oxygens (including phenoxy) is 2. The Labute approximate surface area is 517 Å². The normalized spacial score (nSPS) is 14.0. The fourth-order valence-electron chi connectivity index (χ4n) is 8.97. The van der Waals surface area contributed by atoms with Gasteiger partial charge in [-0.1, -0.05) is 276 Å². The summed E-state index contributed by atoms with van der Waals surface area (Å²) in [6, 6.07) is 0. The summed E-state index contributed by atoms with van der Waals surface area (Å²) in [6.07, 6.45) is 92.3. The van der Waals surface area contributed by atoms with Gasteiger partial charge in [-0.2, -0.15) is 0 Å². The summed E-state index contributed by atoms with van der Waals surface area (Å²) in [7, 11) is 1.14. The summed E-state index contributed by atoms with van der Waals surface area (Å²) in [5.41, 5.74) is 0. The van der Waals surface area contributed by atoms with E-state index in [4.69, 9.17) is 18.5 Å². The van der Waals surface area contributed by atoms with Crippen LogP contribution in [0.1, 0.15) is 271 Å². The quantitative estimate of drug-likeness (QED) is 0.0195. The maximum atomic E-state index is 12.8. The number of carbonyl (C=O) groups excluding carboxylic acids is 2. The van der Waals surface area contributed by atoms with Crippen molar-refractivity contribution in [2.45, 2.75) is 277 Å². The van der Waals surface area contributed by atoms with Crippen LogP contribution in [0.15, 0.2) is 134 Å². The van der Waals surface area contributed by atoms with Crippen molar-refractivity contribution in [1.82, 2.24) is 0 Å². The number of likely N-dealkylation sites (N-methyl/N-ethyl adjacent to an activating group) is 1. The molecule has 0 aliphatic heterocycles. The Morgan fingerprint density at radius 2 is 0.679 bits per heavy atom. The average Bonchev–Trinajstić information content (AvgIpc) is 3.61. The van der Waals surface area contributed by atoms with E-state index in [2.05, 4.69) is 148 Å². The number of hydrogen-bond donors (Lipinski definition) is 0. The molecular weight excluding hydrogens is 1060 g/mol. The van der Waals surface area contributed by atoms with Gasteiger partial charge in [-0.25, -0.2) is 0 Å². The lowest BCUT2D eigenvalue weighted by molar-refractivity contribution is -0.870. The summed E-state index contributed by atoms with van der Waals surface area (Å²) < 4.78 is 34.2. The number of allylic oxidation sites excluding steroid dienone is 22. The molecule has 0 bridgehead atoms. The minimum Gasteiger partial charge on any atom is -0.756 e. The van der Waals surface area contributed by atoms with E-state index in [0.29, 0.717) is 17.4 Å². The minimum atomic E-state index is -4.66. The molecule has 0 saturated carbocycles. The second-order valence-electron chi connectivity index (χ2n) is 23.5. The molecule has 0 radical (unpaired) electrons. The first-order chi connectivity index (χ1) is 41.0. The summed E-state index contributed by atoms with van der Waals surface area (Å²) >= 11 is 0. The van der Waals surface area contributed by atoms with Crippen LogP contribution in [0, 0.1) is 0 Å². The van der Waals surface area contributed by atoms with Crippen LogP contribution in [0.25, 0.3) is 0 Å². The third-order valence-electron chi connectivity index (χ3n) is 14.2. The Hall–Kier alpha value is -3.85. The van der Waals surface area contributed by atoms with Crippen LogP contribution in [-0.4, -0.2) is 70.0 Å². The van der Waals surface area contributed by atoms with Gasteiger partial charge in [0, 0.05) is 12.8 Å². The van der Waals surface area contributed by atoms with Gasteiger partial charge in [-0.15, -0.1) is 0 Å². The first kappa shape index (κ1) is 80.2. The highest BCUT2D eigenvalue weighted by molar-refractivity contribution is 7.45. The molecule has 9 nitrogen and oxygen atoms in total. The number of phosphoric ester groups is 1. The average molecular weight is 1190 g/mol. The number of phosphoric acid groups is 1. The Bertz CT molecular complexity index is 1880. The number of esters is 2. The first-order valence-corrected chi connectivity index (χ1v) is 35.4. The highest BCUT2D eigenvalue weighted by Crippen LogP contribution is 2.38. The summed E-state index contributed by atoms with van der Waals surface area (Å²) in [5.74, 6) is -0.865. The number of nitrogens with zero attached hydrogens (tertiary/aromatic N) is 1. The van der Waals surface area contributed by atoms with Crippen molar-refractivity contribution >= 4 is 19.8 Å². The van der Waals surface area contributed by atoms with E-state index in [0.717, 1.165) is 109 Å². The van der Waals surface area contributed by atoms with E-state index in [9.17, 15) is 19.0 Å². The number of rotatable bonds is 61. The predicted molar refractivity (Wildman–Crippen MR) is 360 cm³/mol. The van der Waals surface area contributed by atoms with Crippen molar-refractivity contribution in [2.75, 3.05) is 47.5 Å². The maximum absolute atomic E-state index is 12.8. The molecule has 0 spiro atoms. The SMILES string of the molecule is CC/C=C\C/C=C\C/C=C\C/C=C\C/C=C\C/C=C\C/C=C\C/C=C\C/C=C\C/C=C\CCCCCCC(=O)OC(COC(=O)CCCCCCCCCCCCCCC/C=C\CCCCCCCCCC)COP(=O)([O-])OCC[N+](C)(C)C. The van der Waals surface area contributed by atoms with Crippen LogP contribution in [0.3, 0.4) is 0 Å². The van der Waals surface area contributed by atoms with Crippen LogP contribution >= 0.6 is 7.82 Å². The van der Waals surface area contributed by atoms with Crippen molar-refractivity contribution in [3.63, 3.8) is 0 Å². The first-order valence-electron chi connectivity index (χ1n) is 33.9. The second kappa shape index (κ2) is 63.6. The van der Waals surface area contributed by atoms with Gasteiger partial charge in [-0.05, 0) is 116 Å². The lowest BCUT2D eigenvalue weighted by Crippen LogP contribution is -2.37. The topological polar surface area (TPSA) is 111 Å². The highest BCUT2D eigenvalue weighted by Gasteiger charge is 2.22. The van der Waals surface area contributed by atoms with Gasteiger partial charge in [-0.3, -0.25) is 14.2 Å². The van der Waals surface area contributed by atoms with Crippen molar-refractivity contribution in [1.29, 1.82) is 0 Å². The van der Waals surface area contributed by atoms with Crippen LogP contribution in [0.4, 0.5) is 0 Å². The molecule has 2 unspecified atom stereocenters. The molecule has 2 atom stereocenters. The van der Waals surface area contributed by atoms with Gasteiger partial charge in [0.2, 0.25) is 0 Å². The molecule has 0 aromatic rings. The molecule has 0 saturated heterocycles. The summed E-state index contributed by atoms with van der Waals surface area (Å²) in [4.78, 5) is 38.0. The van der Waals surface area contributed by atoms with Gasteiger partial charge >= 0.3 is 11.9 Å². The molecule has 0 aliphatic carbocycles. The lowest BCUT2D eigenvalue weighted by atomic mass is 10.0. The largest absolute Gasteiger partial charge is 0.756 e. The van der Waals surface area contributed by atoms with Crippen LogP contribution < -0.4 is 4.89 Å². The Morgan fingerprint density at radius 3 is 1.02 bits per heavy atom. The molecular formula is C74H126NO8P. The van der Waals surface area contributed by atoms with Gasteiger partial charge in [0.1, 0.15) is 19.8 Å². The molecule has 0 fully saturated rings. The molecule has 10 heteroatoms. The molecule has 0 heterocycles. The molecule has 0 aromatic carbocycles. The zero-order chi connectivity index (χ0) is 61.2. The molecule has 0 N–H and O–H groups in total. The molecule has 0 rings (SSSR count). The Kier molecular flexibility index (Phi) is 60.7. The van der Waals surface area contributed by atoms with E-state index >= 15 is 0 Å². The van der Waals surface area contributed by atoms with Gasteiger partial charge in [0.25, 0.3) is 7.82 Å². The Morgan fingerprint density at radius 1 is 0.381 bits per heavy atom. The van der Waals surface area contributed by atoms with E-state index in [1.165, 1.54) is 128 Å². The maximum Gasteiger partial charge on any atom is 0.306 e. The summed E-state index contributed by atoms with van der Waals surface area (Å²) in [5, 5.41) is 0. The number of carbonyl (C=O) groups is 2. The van der Waals surface area contributed by atoms with Crippen molar-refractivity contribution < 1.29 is 42.1 Å². The minimum absolute atomic E-state index is 0.0424. The number of unbranched alkanes of at least 4 members (excludes halogenated alkanes) is 25. The van der Waals surface area contributed by atoms with Gasteiger partial charge < -0.3 is 27.9 Å². The van der Waals surface area contributed by atoms with Crippen molar-refractivity contribution in [2.24, 2.45) is 0 Å². The zero-order valence-electron chi connectivity index (χ0n) is 54.6. The highest BCUT2D eigenvalue weighted by atomic mass is 31.2. The van der Waals surface area contributed by atoms with Crippen LogP contribution in [-0.2, 0) is 32.7 Å². The predicted octanol–water partition coefficient (Wildman–Crippen LogP) is 21.4. The third kappa shape index (κ3) is 67.3. The Balaban J connectivity index is 4.19. The number of hydrogen-bond acceptors (Lipinski definition) is 8. The van der Waals surface area contributed by atoms with Crippen LogP contribution in [0.5, 0.6) is 0 Å². The molecule has 0 aliphatic rings. The van der Waals surface area contributed by atoms with E-state index in [1.807, 2.05) is 21.1 Å². The van der Waals surface area contributed by atoms with Gasteiger partial charge in [0.15, 0.2) is 6.10 Å². The summed E-state index contributed by atoms with van der Waals surface area (Å²) in [6.45, 7) is 4.10. The smallest absolute Gasteiger partial charge is 0.306 e.